The van der Waals surface area contributed by atoms with Crippen LogP contribution in [0.5, 0.6) is 5.75 Å². The summed E-state index contributed by atoms with van der Waals surface area (Å²) >= 11 is 3.01. The van der Waals surface area contributed by atoms with Gasteiger partial charge in [-0.05, 0) is 42.6 Å². The molecule has 0 aliphatic carbocycles. The summed E-state index contributed by atoms with van der Waals surface area (Å²) in [5, 5.41) is 14.0. The monoisotopic (exact) mass is 414 g/mol. The van der Waals surface area contributed by atoms with Gasteiger partial charge in [0.05, 0.1) is 18.9 Å². The largest absolute Gasteiger partial charge is 0.497 e. The first-order valence-corrected chi connectivity index (χ1v) is 10.5. The Morgan fingerprint density at radius 3 is 2.79 bits per heavy atom. The molecule has 0 radical (unpaired) electrons. The van der Waals surface area contributed by atoms with Gasteiger partial charge in [0.1, 0.15) is 5.75 Å². The zero-order valence-electron chi connectivity index (χ0n) is 15.8. The highest BCUT2D eigenvalue weighted by Gasteiger charge is 2.20. The second kappa shape index (κ2) is 9.57. The summed E-state index contributed by atoms with van der Waals surface area (Å²) in [4.78, 5) is 13.6. The number of nitrogens with one attached hydrogen (secondary N) is 1. The Morgan fingerprint density at radius 1 is 1.36 bits per heavy atom. The van der Waals surface area contributed by atoms with Crippen molar-refractivity contribution in [2.24, 2.45) is 0 Å². The molecule has 2 heterocycles. The number of methoxy groups -OCH3 is 1. The van der Waals surface area contributed by atoms with Gasteiger partial charge in [-0.2, -0.15) is 0 Å². The third-order valence-corrected chi connectivity index (χ3v) is 6.00. The maximum atomic E-state index is 12.4. The zero-order valence-corrected chi connectivity index (χ0v) is 17.4. The smallest absolute Gasteiger partial charge is 0.233 e. The number of aromatic nitrogens is 3. The number of rotatable bonds is 9. The third-order valence-electron chi connectivity index (χ3n) is 4.05. The molecule has 0 aliphatic heterocycles. The summed E-state index contributed by atoms with van der Waals surface area (Å²) in [5.41, 5.74) is 0.928. The number of carbonyl (C=O) groups excluding carboxylic acids is 1. The van der Waals surface area contributed by atoms with Crippen LogP contribution < -0.4 is 10.1 Å². The van der Waals surface area contributed by atoms with Crippen molar-refractivity contribution in [1.82, 2.24) is 20.1 Å². The summed E-state index contributed by atoms with van der Waals surface area (Å²) in [6.45, 7) is 6.79. The maximum Gasteiger partial charge on any atom is 0.233 e. The molecule has 0 unspecified atom stereocenters. The van der Waals surface area contributed by atoms with Crippen LogP contribution in [0.25, 0.3) is 11.4 Å². The van der Waals surface area contributed by atoms with Crippen molar-refractivity contribution in [2.75, 3.05) is 7.11 Å². The second-order valence-electron chi connectivity index (χ2n) is 5.99. The van der Waals surface area contributed by atoms with Crippen LogP contribution >= 0.6 is 23.1 Å². The minimum Gasteiger partial charge on any atom is -0.497 e. The van der Waals surface area contributed by atoms with Crippen molar-refractivity contribution in [3.05, 3.63) is 59.3 Å². The van der Waals surface area contributed by atoms with E-state index < -0.39 is 0 Å². The normalized spacial score (nSPS) is 11.8. The first-order valence-electron chi connectivity index (χ1n) is 8.77. The minimum atomic E-state index is -0.295. The maximum absolute atomic E-state index is 12.4. The standard InChI is InChI=1S/C20H22N4O2S2/c1-4-11-24-18(15-7-9-16(26-3)10-8-15)22-23-20(24)28-14(2)19(25)21-13-17-6-5-12-27-17/h4-10,12,14H,1,11,13H2,2-3H3,(H,21,25)/t14-/m0/s1. The van der Waals surface area contributed by atoms with Gasteiger partial charge >= 0.3 is 0 Å². The van der Waals surface area contributed by atoms with Gasteiger partial charge in [-0.1, -0.05) is 23.9 Å². The fourth-order valence-corrected chi connectivity index (χ4v) is 4.09. The van der Waals surface area contributed by atoms with Gasteiger partial charge in [-0.25, -0.2) is 0 Å². The van der Waals surface area contributed by atoms with Crippen LogP contribution in [0.4, 0.5) is 0 Å². The van der Waals surface area contributed by atoms with Gasteiger partial charge in [-0.15, -0.1) is 28.1 Å². The molecule has 28 heavy (non-hydrogen) atoms. The number of benzene rings is 1. The van der Waals surface area contributed by atoms with Gasteiger partial charge in [0.2, 0.25) is 5.91 Å². The number of carbonyl (C=O) groups is 1. The highest BCUT2D eigenvalue weighted by Crippen LogP contribution is 2.28. The van der Waals surface area contributed by atoms with E-state index in [4.69, 9.17) is 4.74 Å². The summed E-state index contributed by atoms with van der Waals surface area (Å²) in [6, 6.07) is 11.6. The topological polar surface area (TPSA) is 69.0 Å². The molecular weight excluding hydrogens is 392 g/mol. The lowest BCUT2D eigenvalue weighted by Crippen LogP contribution is -2.30. The summed E-state index contributed by atoms with van der Waals surface area (Å²) < 4.78 is 7.17. The van der Waals surface area contributed by atoms with Crippen LogP contribution in [0.3, 0.4) is 0 Å². The highest BCUT2D eigenvalue weighted by molar-refractivity contribution is 8.00. The average molecular weight is 415 g/mol. The summed E-state index contributed by atoms with van der Waals surface area (Å²) in [5.74, 6) is 1.48. The van der Waals surface area contributed by atoms with Crippen molar-refractivity contribution >= 4 is 29.0 Å². The highest BCUT2D eigenvalue weighted by atomic mass is 32.2. The molecule has 8 heteroatoms. The Hall–Kier alpha value is -2.58. The van der Waals surface area contributed by atoms with E-state index in [-0.39, 0.29) is 11.2 Å². The van der Waals surface area contributed by atoms with E-state index >= 15 is 0 Å². The molecular formula is C20H22N4O2S2. The van der Waals surface area contributed by atoms with Crippen molar-refractivity contribution in [1.29, 1.82) is 0 Å². The van der Waals surface area contributed by atoms with Crippen molar-refractivity contribution < 1.29 is 9.53 Å². The predicted octanol–water partition coefficient (Wildman–Crippen LogP) is 4.00. The molecule has 0 saturated heterocycles. The fourth-order valence-electron chi connectivity index (χ4n) is 2.57. The van der Waals surface area contributed by atoms with Gasteiger partial charge in [0.25, 0.3) is 0 Å². The zero-order chi connectivity index (χ0) is 19.9. The molecule has 0 spiro atoms. The van der Waals surface area contributed by atoms with Crippen LogP contribution in [0.2, 0.25) is 0 Å². The molecule has 3 rings (SSSR count). The number of thiophene rings is 1. The van der Waals surface area contributed by atoms with Crippen LogP contribution in [-0.4, -0.2) is 33.0 Å². The number of amides is 1. The number of nitrogens with zero attached hydrogens (tertiary/aromatic N) is 3. The van der Waals surface area contributed by atoms with Crippen LogP contribution in [-0.2, 0) is 17.9 Å². The number of hydrogen-bond donors (Lipinski definition) is 1. The van der Waals surface area contributed by atoms with E-state index in [2.05, 4.69) is 22.1 Å². The lowest BCUT2D eigenvalue weighted by molar-refractivity contribution is -0.120. The van der Waals surface area contributed by atoms with Gasteiger partial charge in [-0.3, -0.25) is 9.36 Å². The Labute approximate surface area is 172 Å². The molecule has 1 N–H and O–H groups in total. The lowest BCUT2D eigenvalue weighted by Gasteiger charge is -2.12. The molecule has 0 bridgehead atoms. The Balaban J connectivity index is 1.72. The van der Waals surface area contributed by atoms with E-state index in [0.717, 1.165) is 22.0 Å². The van der Waals surface area contributed by atoms with Gasteiger partial charge in [0, 0.05) is 17.0 Å². The van der Waals surface area contributed by atoms with Crippen molar-refractivity contribution in [3.63, 3.8) is 0 Å². The molecule has 0 fully saturated rings. The number of hydrogen-bond acceptors (Lipinski definition) is 6. The van der Waals surface area contributed by atoms with E-state index in [0.29, 0.717) is 18.2 Å². The predicted molar refractivity (Wildman–Crippen MR) is 114 cm³/mol. The number of allylic oxidation sites excluding steroid dienone is 1. The van der Waals surface area contributed by atoms with Crippen molar-refractivity contribution in [2.45, 2.75) is 30.4 Å². The lowest BCUT2D eigenvalue weighted by atomic mass is 10.2. The van der Waals surface area contributed by atoms with Crippen LogP contribution in [0.15, 0.2) is 59.6 Å². The quantitative estimate of drug-likeness (QED) is 0.423. The molecule has 146 valence electrons. The van der Waals surface area contributed by atoms with Crippen molar-refractivity contribution in [3.8, 4) is 17.1 Å². The first-order chi connectivity index (χ1) is 13.6. The number of ether oxygens (including phenoxy) is 1. The second-order valence-corrected chi connectivity index (χ2v) is 8.33. The van der Waals surface area contributed by atoms with E-state index in [1.807, 2.05) is 53.3 Å². The molecule has 0 aliphatic rings. The molecule has 6 nitrogen and oxygen atoms in total. The molecule has 0 saturated carbocycles. The molecule has 1 atom stereocenters. The molecule has 1 amide bonds. The fraction of sp³-hybridized carbons (Fsp3) is 0.250. The third kappa shape index (κ3) is 4.82. The Kier molecular flexibility index (Phi) is 6.89. The summed E-state index contributed by atoms with van der Waals surface area (Å²) in [6.07, 6.45) is 1.79. The Morgan fingerprint density at radius 2 is 2.14 bits per heavy atom. The number of thioether (sulfide) groups is 1. The van der Waals surface area contributed by atoms with E-state index in [1.165, 1.54) is 11.8 Å². The molecule has 1 aromatic carbocycles. The SMILES string of the molecule is C=CCn1c(S[C@@H](C)C(=O)NCc2cccs2)nnc1-c1ccc(OC)cc1. The van der Waals surface area contributed by atoms with Crippen LogP contribution in [0.1, 0.15) is 11.8 Å². The van der Waals surface area contributed by atoms with E-state index in [9.17, 15) is 4.79 Å². The van der Waals surface area contributed by atoms with Gasteiger partial charge in [0.15, 0.2) is 11.0 Å². The molecule has 3 aromatic rings. The van der Waals surface area contributed by atoms with E-state index in [1.54, 1.807) is 24.5 Å². The Bertz CT molecular complexity index is 920. The van der Waals surface area contributed by atoms with Crippen LogP contribution in [0, 0.1) is 0 Å². The van der Waals surface area contributed by atoms with Gasteiger partial charge < -0.3 is 10.1 Å². The minimum absolute atomic E-state index is 0.0300. The molecule has 2 aromatic heterocycles. The first kappa shape index (κ1) is 20.2. The average Bonchev–Trinajstić information content (AvgIpc) is 3.37. The summed E-state index contributed by atoms with van der Waals surface area (Å²) in [7, 11) is 1.63.